The molecule has 0 aromatic heterocycles. The molecule has 0 saturated carbocycles. The predicted molar refractivity (Wildman–Crippen MR) is 166 cm³/mol. The first-order valence-corrected chi connectivity index (χ1v) is 14.1. The molecule has 0 aliphatic rings. The van der Waals surface area contributed by atoms with Gasteiger partial charge in [0.05, 0.1) is 25.5 Å². The van der Waals surface area contributed by atoms with E-state index in [2.05, 4.69) is 65.3 Å². The van der Waals surface area contributed by atoms with Gasteiger partial charge < -0.3 is 30.5 Å². The number of anilines is 3. The molecule has 4 N–H and O–H groups in total. The lowest BCUT2D eigenvalue weighted by Gasteiger charge is -2.16. The van der Waals surface area contributed by atoms with Gasteiger partial charge in [-0.1, -0.05) is 61.9 Å². The van der Waals surface area contributed by atoms with Crippen LogP contribution in [0, 0.1) is 0 Å². The van der Waals surface area contributed by atoms with Crippen molar-refractivity contribution in [2.45, 2.75) is 32.3 Å². The molecule has 0 unspecified atom stereocenters. The van der Waals surface area contributed by atoms with Crippen LogP contribution in [-0.4, -0.2) is 38.3 Å². The van der Waals surface area contributed by atoms with Crippen molar-refractivity contribution < 1.29 is 19.4 Å². The standard InChI is InChI=1S/C34H39N3O4/c1-3-4-20-41-34-16-12-27(21-31(34)36-24-38)32(39)23-35-19-18-25-10-13-28(14-11-25)37-29-15-17-33(40-2)30(22-29)26-8-6-5-7-9-26/h5-17,21-22,24,32,35,37,39H,3-4,18-20,23H2,1-2H3,(H,36,38)/t32-/m0/s1. The van der Waals surface area contributed by atoms with Gasteiger partial charge in [0.15, 0.2) is 0 Å². The van der Waals surface area contributed by atoms with E-state index in [0.29, 0.717) is 36.6 Å². The maximum Gasteiger partial charge on any atom is 0.211 e. The molecule has 4 rings (SSSR count). The van der Waals surface area contributed by atoms with Gasteiger partial charge in [0.1, 0.15) is 11.5 Å². The van der Waals surface area contributed by atoms with E-state index in [-0.39, 0.29) is 0 Å². The molecule has 0 bridgehead atoms. The Morgan fingerprint density at radius 3 is 2.39 bits per heavy atom. The largest absolute Gasteiger partial charge is 0.496 e. The minimum absolute atomic E-state index is 0.400. The number of unbranched alkanes of at least 4 members (excludes halogenated alkanes) is 1. The van der Waals surface area contributed by atoms with Crippen molar-refractivity contribution in [3.63, 3.8) is 0 Å². The Labute approximate surface area is 242 Å². The van der Waals surface area contributed by atoms with E-state index in [1.54, 1.807) is 19.2 Å². The molecule has 7 heteroatoms. The number of rotatable bonds is 16. The lowest BCUT2D eigenvalue weighted by atomic mass is 10.0. The second-order valence-corrected chi connectivity index (χ2v) is 9.79. The van der Waals surface area contributed by atoms with E-state index in [4.69, 9.17) is 9.47 Å². The zero-order valence-electron chi connectivity index (χ0n) is 23.7. The Hall–Kier alpha value is -4.33. The Bertz CT molecular complexity index is 1380. The molecule has 0 heterocycles. The van der Waals surface area contributed by atoms with E-state index < -0.39 is 6.10 Å². The molecule has 0 saturated heterocycles. The monoisotopic (exact) mass is 553 g/mol. The summed E-state index contributed by atoms with van der Waals surface area (Å²) in [4.78, 5) is 11.0. The molecule has 214 valence electrons. The highest BCUT2D eigenvalue weighted by Gasteiger charge is 2.12. The number of ether oxygens (including phenoxy) is 2. The first kappa shape index (κ1) is 29.6. The fourth-order valence-electron chi connectivity index (χ4n) is 4.52. The van der Waals surface area contributed by atoms with E-state index in [1.807, 2.05) is 36.4 Å². The van der Waals surface area contributed by atoms with Crippen molar-refractivity contribution in [1.29, 1.82) is 0 Å². The number of carbonyl (C=O) groups excluding carboxylic acids is 1. The average Bonchev–Trinajstić information content (AvgIpc) is 3.01. The fourth-order valence-corrected chi connectivity index (χ4v) is 4.52. The second-order valence-electron chi connectivity index (χ2n) is 9.79. The van der Waals surface area contributed by atoms with Crippen LogP contribution in [0.15, 0.2) is 91.0 Å². The molecule has 1 amide bonds. The maximum absolute atomic E-state index is 11.0. The van der Waals surface area contributed by atoms with Gasteiger partial charge in [0, 0.05) is 23.5 Å². The Balaban J connectivity index is 1.27. The SMILES string of the molecule is CCCCOc1ccc([C@@H](O)CNCCc2ccc(Nc3ccc(OC)c(-c4ccccc4)c3)cc2)cc1NC=O. The summed E-state index contributed by atoms with van der Waals surface area (Å²) in [7, 11) is 1.69. The molecule has 0 radical (unpaired) electrons. The van der Waals surface area contributed by atoms with Crippen molar-refractivity contribution in [3.05, 3.63) is 102 Å². The molecule has 4 aromatic carbocycles. The number of carbonyl (C=O) groups is 1. The quantitative estimate of drug-likeness (QED) is 0.0910. The van der Waals surface area contributed by atoms with E-state index in [1.165, 1.54) is 5.56 Å². The molecule has 7 nitrogen and oxygen atoms in total. The first-order chi connectivity index (χ1) is 20.1. The van der Waals surface area contributed by atoms with Crippen LogP contribution in [0.2, 0.25) is 0 Å². The summed E-state index contributed by atoms with van der Waals surface area (Å²) in [5.74, 6) is 1.44. The van der Waals surface area contributed by atoms with Crippen molar-refractivity contribution >= 4 is 23.5 Å². The predicted octanol–water partition coefficient (Wildman–Crippen LogP) is 6.72. The van der Waals surface area contributed by atoms with Gasteiger partial charge in [-0.15, -0.1) is 0 Å². The van der Waals surface area contributed by atoms with Gasteiger partial charge >= 0.3 is 0 Å². The zero-order chi connectivity index (χ0) is 28.9. The molecule has 0 aliphatic carbocycles. The number of hydrogen-bond donors (Lipinski definition) is 4. The third kappa shape index (κ3) is 8.58. The van der Waals surface area contributed by atoms with Crippen LogP contribution in [0.4, 0.5) is 17.1 Å². The summed E-state index contributed by atoms with van der Waals surface area (Å²) >= 11 is 0. The number of nitrogens with one attached hydrogen (secondary N) is 3. The van der Waals surface area contributed by atoms with Crippen molar-refractivity contribution in [3.8, 4) is 22.6 Å². The van der Waals surface area contributed by atoms with Gasteiger partial charge in [-0.25, -0.2) is 0 Å². The highest BCUT2D eigenvalue weighted by Crippen LogP contribution is 2.33. The van der Waals surface area contributed by atoms with E-state index in [0.717, 1.165) is 54.1 Å². The van der Waals surface area contributed by atoms with Crippen molar-refractivity contribution in [1.82, 2.24) is 5.32 Å². The number of amides is 1. The first-order valence-electron chi connectivity index (χ1n) is 14.1. The number of aliphatic hydroxyl groups excluding tert-OH is 1. The second kappa shape index (κ2) is 15.5. The van der Waals surface area contributed by atoms with Gasteiger partial charge in [0.25, 0.3) is 0 Å². The van der Waals surface area contributed by atoms with Gasteiger partial charge in [-0.05, 0) is 78.5 Å². The van der Waals surface area contributed by atoms with Crippen LogP contribution >= 0.6 is 0 Å². The van der Waals surface area contributed by atoms with Crippen molar-refractivity contribution in [2.75, 3.05) is 37.4 Å². The van der Waals surface area contributed by atoms with Gasteiger partial charge in [0.2, 0.25) is 6.41 Å². The highest BCUT2D eigenvalue weighted by atomic mass is 16.5. The van der Waals surface area contributed by atoms with Crippen LogP contribution in [0.5, 0.6) is 11.5 Å². The van der Waals surface area contributed by atoms with Crippen LogP contribution < -0.4 is 25.4 Å². The number of methoxy groups -OCH3 is 1. The Morgan fingerprint density at radius 2 is 1.66 bits per heavy atom. The highest BCUT2D eigenvalue weighted by molar-refractivity contribution is 5.77. The Morgan fingerprint density at radius 1 is 0.902 bits per heavy atom. The minimum Gasteiger partial charge on any atom is -0.496 e. The smallest absolute Gasteiger partial charge is 0.211 e. The minimum atomic E-state index is -0.705. The van der Waals surface area contributed by atoms with Gasteiger partial charge in [-0.3, -0.25) is 4.79 Å². The maximum atomic E-state index is 11.0. The number of benzene rings is 4. The lowest BCUT2D eigenvalue weighted by molar-refractivity contribution is -0.105. The Kier molecular flexibility index (Phi) is 11.2. The van der Waals surface area contributed by atoms with Crippen LogP contribution in [0.3, 0.4) is 0 Å². The molecule has 0 fully saturated rings. The summed E-state index contributed by atoms with van der Waals surface area (Å²) in [6.07, 6.45) is 2.71. The summed E-state index contributed by atoms with van der Waals surface area (Å²) in [6.45, 7) is 3.80. The average molecular weight is 554 g/mol. The van der Waals surface area contributed by atoms with Gasteiger partial charge in [-0.2, -0.15) is 0 Å². The van der Waals surface area contributed by atoms with Crippen LogP contribution in [-0.2, 0) is 11.2 Å². The molecule has 4 aromatic rings. The van der Waals surface area contributed by atoms with E-state index >= 15 is 0 Å². The summed E-state index contributed by atoms with van der Waals surface area (Å²) in [6, 6.07) is 30.0. The lowest BCUT2D eigenvalue weighted by Crippen LogP contribution is -2.23. The van der Waals surface area contributed by atoms with E-state index in [9.17, 15) is 9.90 Å². The summed E-state index contributed by atoms with van der Waals surface area (Å²) < 4.78 is 11.3. The molecule has 0 aliphatic heterocycles. The van der Waals surface area contributed by atoms with Crippen LogP contribution in [0.1, 0.15) is 37.0 Å². The molecule has 1 atom stereocenters. The topological polar surface area (TPSA) is 91.8 Å². The summed E-state index contributed by atoms with van der Waals surface area (Å²) in [5.41, 5.74) is 6.61. The third-order valence-corrected chi connectivity index (χ3v) is 6.81. The van der Waals surface area contributed by atoms with Crippen LogP contribution in [0.25, 0.3) is 11.1 Å². The normalized spacial score (nSPS) is 11.5. The molecular formula is C34H39N3O4. The third-order valence-electron chi connectivity index (χ3n) is 6.81. The molecular weight excluding hydrogens is 514 g/mol. The van der Waals surface area contributed by atoms with Crippen molar-refractivity contribution in [2.24, 2.45) is 0 Å². The number of aliphatic hydroxyl groups is 1. The number of hydrogen-bond acceptors (Lipinski definition) is 6. The zero-order valence-corrected chi connectivity index (χ0v) is 23.7. The summed E-state index contributed by atoms with van der Waals surface area (Å²) in [5, 5.41) is 20.2. The fraction of sp³-hybridized carbons (Fsp3) is 0.265. The molecule has 41 heavy (non-hydrogen) atoms. The molecule has 0 spiro atoms.